The summed E-state index contributed by atoms with van der Waals surface area (Å²) in [5, 5.41) is 5.96. The van der Waals surface area contributed by atoms with Gasteiger partial charge in [-0.15, -0.1) is 0 Å². The molecule has 0 aliphatic rings. The van der Waals surface area contributed by atoms with Crippen molar-refractivity contribution in [1.82, 2.24) is 10.6 Å². The molecule has 2 amide bonds. The fourth-order valence-corrected chi connectivity index (χ4v) is 1.85. The molecule has 6 nitrogen and oxygen atoms in total. The minimum Gasteiger partial charge on any atom is -0.383 e. The first-order valence-electron chi connectivity index (χ1n) is 6.90. The Kier molecular flexibility index (Phi) is 7.42. The molecule has 21 heavy (non-hydrogen) atoms. The van der Waals surface area contributed by atoms with Crippen LogP contribution in [-0.2, 0) is 16.1 Å². The van der Waals surface area contributed by atoms with Crippen LogP contribution in [0.25, 0.3) is 0 Å². The van der Waals surface area contributed by atoms with Gasteiger partial charge in [0, 0.05) is 38.7 Å². The number of hydrogen-bond donors (Lipinski definition) is 3. The van der Waals surface area contributed by atoms with E-state index in [2.05, 4.69) is 10.6 Å². The van der Waals surface area contributed by atoms with E-state index < -0.39 is 5.91 Å². The van der Waals surface area contributed by atoms with E-state index in [0.717, 1.165) is 11.1 Å². The summed E-state index contributed by atoms with van der Waals surface area (Å²) < 4.78 is 4.85. The Morgan fingerprint density at radius 1 is 1.29 bits per heavy atom. The molecule has 0 heterocycles. The van der Waals surface area contributed by atoms with Crippen LogP contribution in [0, 0.1) is 6.92 Å². The summed E-state index contributed by atoms with van der Waals surface area (Å²) in [6.45, 7) is 4.22. The predicted octanol–water partition coefficient (Wildman–Crippen LogP) is 0.336. The van der Waals surface area contributed by atoms with Gasteiger partial charge in [-0.05, 0) is 30.2 Å². The molecule has 4 N–H and O–H groups in total. The summed E-state index contributed by atoms with van der Waals surface area (Å²) >= 11 is 0. The summed E-state index contributed by atoms with van der Waals surface area (Å²) in [6, 6.07) is 5.36. The molecule has 0 atom stereocenters. The van der Waals surface area contributed by atoms with Crippen molar-refractivity contribution < 1.29 is 14.3 Å². The lowest BCUT2D eigenvalue weighted by Crippen LogP contribution is -2.30. The first-order valence-corrected chi connectivity index (χ1v) is 6.90. The number of primary amides is 1. The van der Waals surface area contributed by atoms with Crippen molar-refractivity contribution >= 4 is 11.8 Å². The van der Waals surface area contributed by atoms with Crippen molar-refractivity contribution in [1.29, 1.82) is 0 Å². The number of nitrogens with one attached hydrogen (secondary N) is 2. The van der Waals surface area contributed by atoms with E-state index >= 15 is 0 Å². The third-order valence-electron chi connectivity index (χ3n) is 3.10. The Balaban J connectivity index is 2.30. The van der Waals surface area contributed by atoms with E-state index in [1.165, 1.54) is 0 Å². The van der Waals surface area contributed by atoms with Crippen molar-refractivity contribution in [2.45, 2.75) is 19.9 Å². The van der Waals surface area contributed by atoms with E-state index in [1.807, 2.05) is 13.0 Å². The van der Waals surface area contributed by atoms with Gasteiger partial charge < -0.3 is 21.1 Å². The largest absolute Gasteiger partial charge is 0.383 e. The molecule has 0 fully saturated rings. The van der Waals surface area contributed by atoms with Crippen LogP contribution in [0.3, 0.4) is 0 Å². The lowest BCUT2D eigenvalue weighted by Gasteiger charge is -2.09. The van der Waals surface area contributed by atoms with Crippen LogP contribution < -0.4 is 16.4 Å². The molecule has 0 unspecified atom stereocenters. The molecule has 6 heteroatoms. The van der Waals surface area contributed by atoms with Gasteiger partial charge in [-0.2, -0.15) is 0 Å². The first-order chi connectivity index (χ1) is 10.0. The molecular formula is C15H23N3O3. The second kappa shape index (κ2) is 9.10. The van der Waals surface area contributed by atoms with Crippen LogP contribution in [0.4, 0.5) is 0 Å². The molecule has 0 bridgehead atoms. The molecule has 0 saturated carbocycles. The quantitative estimate of drug-likeness (QED) is 0.572. The Labute approximate surface area is 125 Å². The fourth-order valence-electron chi connectivity index (χ4n) is 1.85. The summed E-state index contributed by atoms with van der Waals surface area (Å²) in [6.07, 6.45) is 0.419. The minimum absolute atomic E-state index is 0.000323. The third-order valence-corrected chi connectivity index (χ3v) is 3.10. The number of benzene rings is 1. The number of carbonyl (C=O) groups is 2. The zero-order valence-electron chi connectivity index (χ0n) is 12.6. The maximum atomic E-state index is 11.5. The lowest BCUT2D eigenvalue weighted by molar-refractivity contribution is -0.121. The molecular weight excluding hydrogens is 270 g/mol. The zero-order valence-corrected chi connectivity index (χ0v) is 12.6. The molecule has 1 aromatic rings. The number of amides is 2. The van der Waals surface area contributed by atoms with Crippen molar-refractivity contribution in [2.24, 2.45) is 5.73 Å². The van der Waals surface area contributed by atoms with Gasteiger partial charge in [0.2, 0.25) is 11.8 Å². The summed E-state index contributed by atoms with van der Waals surface area (Å²) in [7, 11) is 1.60. The van der Waals surface area contributed by atoms with Gasteiger partial charge in [-0.1, -0.05) is 6.07 Å². The molecule has 0 aromatic heterocycles. The van der Waals surface area contributed by atoms with Gasteiger partial charge in [-0.3, -0.25) is 9.59 Å². The van der Waals surface area contributed by atoms with Gasteiger partial charge in [0.05, 0.1) is 6.61 Å². The molecule has 0 saturated heterocycles. The van der Waals surface area contributed by atoms with Gasteiger partial charge in [-0.25, -0.2) is 0 Å². The summed E-state index contributed by atoms with van der Waals surface area (Å²) in [5.41, 5.74) is 7.82. The van der Waals surface area contributed by atoms with Crippen LogP contribution in [0.15, 0.2) is 18.2 Å². The van der Waals surface area contributed by atoms with E-state index in [9.17, 15) is 9.59 Å². The average molecular weight is 293 g/mol. The summed E-state index contributed by atoms with van der Waals surface area (Å²) in [5.74, 6) is -0.425. The smallest absolute Gasteiger partial charge is 0.248 e. The monoisotopic (exact) mass is 293 g/mol. The molecule has 0 spiro atoms. The third kappa shape index (κ3) is 6.37. The highest BCUT2D eigenvalue weighted by Crippen LogP contribution is 2.10. The highest BCUT2D eigenvalue weighted by Gasteiger charge is 2.04. The number of ether oxygens (including phenoxy) is 1. The molecule has 0 aliphatic carbocycles. The van der Waals surface area contributed by atoms with Gasteiger partial charge >= 0.3 is 0 Å². The molecule has 0 radical (unpaired) electrons. The van der Waals surface area contributed by atoms with E-state index in [1.54, 1.807) is 19.2 Å². The molecule has 0 aliphatic heterocycles. The predicted molar refractivity (Wildman–Crippen MR) is 80.9 cm³/mol. The summed E-state index contributed by atoms with van der Waals surface area (Å²) in [4.78, 5) is 22.5. The molecule has 1 rings (SSSR count). The van der Waals surface area contributed by atoms with Gasteiger partial charge in [0.15, 0.2) is 0 Å². The second-order valence-corrected chi connectivity index (χ2v) is 4.78. The van der Waals surface area contributed by atoms with Gasteiger partial charge in [0.25, 0.3) is 0 Å². The maximum Gasteiger partial charge on any atom is 0.248 e. The molecule has 116 valence electrons. The van der Waals surface area contributed by atoms with Crippen molar-refractivity contribution in [2.75, 3.05) is 26.8 Å². The first kappa shape index (κ1) is 17.1. The van der Waals surface area contributed by atoms with E-state index in [4.69, 9.17) is 10.5 Å². The fraction of sp³-hybridized carbons (Fsp3) is 0.467. The lowest BCUT2D eigenvalue weighted by atomic mass is 10.0. The number of aryl methyl sites for hydroxylation is 1. The number of rotatable bonds is 9. The van der Waals surface area contributed by atoms with Crippen LogP contribution in [0.1, 0.15) is 27.9 Å². The zero-order chi connectivity index (χ0) is 15.7. The topological polar surface area (TPSA) is 93.4 Å². The Morgan fingerprint density at radius 2 is 2.05 bits per heavy atom. The van der Waals surface area contributed by atoms with Gasteiger partial charge in [0.1, 0.15) is 0 Å². The van der Waals surface area contributed by atoms with Crippen molar-refractivity contribution in [3.8, 4) is 0 Å². The number of hydrogen-bond acceptors (Lipinski definition) is 4. The van der Waals surface area contributed by atoms with E-state index in [0.29, 0.717) is 38.2 Å². The van der Waals surface area contributed by atoms with Crippen LogP contribution >= 0.6 is 0 Å². The molecule has 1 aromatic carbocycles. The van der Waals surface area contributed by atoms with E-state index in [-0.39, 0.29) is 5.91 Å². The van der Waals surface area contributed by atoms with Crippen molar-refractivity contribution in [3.05, 3.63) is 34.9 Å². The minimum atomic E-state index is -0.426. The number of nitrogens with two attached hydrogens (primary N) is 1. The number of carbonyl (C=O) groups excluding carboxylic acids is 2. The van der Waals surface area contributed by atoms with Crippen molar-refractivity contribution in [3.63, 3.8) is 0 Å². The Bertz CT molecular complexity index is 489. The van der Waals surface area contributed by atoms with Crippen LogP contribution in [0.5, 0.6) is 0 Å². The van der Waals surface area contributed by atoms with Crippen LogP contribution in [-0.4, -0.2) is 38.6 Å². The maximum absolute atomic E-state index is 11.5. The SMILES string of the molecule is COCCNC(=O)CCNCc1ccc(C(N)=O)cc1C. The highest BCUT2D eigenvalue weighted by molar-refractivity contribution is 5.93. The van der Waals surface area contributed by atoms with Crippen LogP contribution in [0.2, 0.25) is 0 Å². The Morgan fingerprint density at radius 3 is 2.67 bits per heavy atom. The average Bonchev–Trinajstić information content (AvgIpc) is 2.45. The highest BCUT2D eigenvalue weighted by atomic mass is 16.5. The normalized spacial score (nSPS) is 10.4. The standard InChI is InChI=1S/C15H23N3O3/c1-11-9-12(15(16)20)3-4-13(11)10-17-6-5-14(19)18-7-8-21-2/h3-4,9,17H,5-8,10H2,1-2H3,(H2,16,20)(H,18,19). The number of methoxy groups -OCH3 is 1. The Hall–Kier alpha value is -1.92. The second-order valence-electron chi connectivity index (χ2n) is 4.78.